The number of rotatable bonds is 10. The molecule has 0 aliphatic rings. The Labute approximate surface area is 152 Å². The zero-order valence-corrected chi connectivity index (χ0v) is 16.8. The van der Waals surface area contributed by atoms with E-state index >= 15 is 0 Å². The first-order chi connectivity index (χ1) is 11.6. The van der Waals surface area contributed by atoms with E-state index in [-0.39, 0.29) is 17.6 Å². The van der Waals surface area contributed by atoms with E-state index < -0.39 is 6.10 Å². The van der Waals surface area contributed by atoms with E-state index in [2.05, 4.69) is 39.9 Å². The minimum atomic E-state index is -0.542. The molecule has 1 aromatic carbocycles. The largest absolute Gasteiger partial charge is 0.493 e. The summed E-state index contributed by atoms with van der Waals surface area (Å²) in [6.45, 7) is 12.2. The maximum Gasteiger partial charge on any atom is 0.161 e. The highest BCUT2D eigenvalue weighted by molar-refractivity contribution is 5.42. The third-order valence-corrected chi connectivity index (χ3v) is 3.82. The fourth-order valence-corrected chi connectivity index (χ4v) is 3.12. The van der Waals surface area contributed by atoms with E-state index in [4.69, 9.17) is 14.2 Å². The first-order valence-corrected chi connectivity index (χ1v) is 8.78. The Morgan fingerprint density at radius 1 is 1.04 bits per heavy atom. The number of benzene rings is 1. The van der Waals surface area contributed by atoms with E-state index in [1.54, 1.807) is 14.2 Å². The average Bonchev–Trinajstić information content (AvgIpc) is 2.50. The molecule has 1 atom stereocenters. The van der Waals surface area contributed by atoms with E-state index in [9.17, 15) is 5.11 Å². The van der Waals surface area contributed by atoms with Crippen LogP contribution in [0.3, 0.4) is 0 Å². The summed E-state index contributed by atoms with van der Waals surface area (Å²) in [4.78, 5) is 0. The fraction of sp³-hybridized carbons (Fsp3) is 0.700. The molecule has 0 saturated heterocycles. The third kappa shape index (κ3) is 8.56. The first-order valence-electron chi connectivity index (χ1n) is 8.78. The van der Waals surface area contributed by atoms with Gasteiger partial charge in [-0.25, -0.2) is 0 Å². The zero-order chi connectivity index (χ0) is 19.1. The molecule has 0 aliphatic carbocycles. The molecular formula is C20H35NO4. The Morgan fingerprint density at radius 3 is 2.24 bits per heavy atom. The molecule has 0 fully saturated rings. The van der Waals surface area contributed by atoms with Crippen molar-refractivity contribution in [3.05, 3.63) is 23.8 Å². The number of hydrogen-bond acceptors (Lipinski definition) is 5. The summed E-state index contributed by atoms with van der Waals surface area (Å²) < 4.78 is 16.1. The number of β-amino-alcohol motifs (C(OH)–C–C–N with tert-alkyl or cyclic N) is 1. The summed E-state index contributed by atoms with van der Waals surface area (Å²) >= 11 is 0. The highest BCUT2D eigenvalue weighted by atomic mass is 16.5. The quantitative estimate of drug-likeness (QED) is 0.675. The molecule has 0 spiro atoms. The summed E-state index contributed by atoms with van der Waals surface area (Å²) in [5.41, 5.74) is 1.19. The van der Waals surface area contributed by atoms with Crippen LogP contribution < -0.4 is 14.8 Å². The normalized spacial score (nSPS) is 13.6. The Bertz CT molecular complexity index is 523. The minimum Gasteiger partial charge on any atom is -0.493 e. The minimum absolute atomic E-state index is 0.0252. The van der Waals surface area contributed by atoms with Gasteiger partial charge in [0.25, 0.3) is 0 Å². The number of hydrogen-bond donors (Lipinski definition) is 2. The van der Waals surface area contributed by atoms with E-state index in [1.165, 1.54) is 0 Å². The van der Waals surface area contributed by atoms with Gasteiger partial charge in [0, 0.05) is 12.1 Å². The summed E-state index contributed by atoms with van der Waals surface area (Å²) in [6, 6.07) is 5.67. The summed E-state index contributed by atoms with van der Waals surface area (Å²) in [6.07, 6.45) is 0.485. The van der Waals surface area contributed by atoms with Gasteiger partial charge < -0.3 is 24.6 Å². The molecule has 5 heteroatoms. The molecule has 0 bridgehead atoms. The molecule has 1 aromatic rings. The standard InChI is InChI=1S/C20H35NO4/c1-19(2,3)14-20(4,5)21-11-16(22)13-25-12-15-8-9-17(23-6)18(10-15)24-7/h8-10,16,21-22H,11-14H2,1-7H3. The second kappa shape index (κ2) is 9.41. The van der Waals surface area contributed by atoms with Crippen molar-refractivity contribution < 1.29 is 19.3 Å². The Hall–Kier alpha value is -1.30. The van der Waals surface area contributed by atoms with Crippen LogP contribution in [0.25, 0.3) is 0 Å². The fourth-order valence-electron chi connectivity index (χ4n) is 3.12. The third-order valence-electron chi connectivity index (χ3n) is 3.82. The molecule has 1 rings (SSSR count). The lowest BCUT2D eigenvalue weighted by Crippen LogP contribution is -2.46. The van der Waals surface area contributed by atoms with Gasteiger partial charge in [-0.2, -0.15) is 0 Å². The molecule has 0 aromatic heterocycles. The molecule has 1 unspecified atom stereocenters. The van der Waals surface area contributed by atoms with Crippen molar-refractivity contribution in [3.63, 3.8) is 0 Å². The highest BCUT2D eigenvalue weighted by Gasteiger charge is 2.25. The van der Waals surface area contributed by atoms with Crippen molar-refractivity contribution in [1.29, 1.82) is 0 Å². The molecular weight excluding hydrogens is 318 g/mol. The predicted octanol–water partition coefficient (Wildman–Crippen LogP) is 3.39. The van der Waals surface area contributed by atoms with Crippen molar-refractivity contribution in [2.24, 2.45) is 5.41 Å². The number of methoxy groups -OCH3 is 2. The molecule has 5 nitrogen and oxygen atoms in total. The highest BCUT2D eigenvalue weighted by Crippen LogP contribution is 2.28. The maximum atomic E-state index is 10.1. The number of ether oxygens (including phenoxy) is 3. The lowest BCUT2D eigenvalue weighted by atomic mass is 9.82. The number of nitrogens with one attached hydrogen (secondary N) is 1. The predicted molar refractivity (Wildman–Crippen MR) is 101 cm³/mol. The van der Waals surface area contributed by atoms with Crippen LogP contribution in [0.15, 0.2) is 18.2 Å². The van der Waals surface area contributed by atoms with E-state index in [0.717, 1.165) is 12.0 Å². The van der Waals surface area contributed by atoms with Crippen LogP contribution in [-0.4, -0.2) is 44.1 Å². The van der Waals surface area contributed by atoms with Gasteiger partial charge in [0.05, 0.1) is 33.5 Å². The SMILES string of the molecule is COc1ccc(COCC(O)CNC(C)(C)CC(C)(C)C)cc1OC. The maximum absolute atomic E-state index is 10.1. The topological polar surface area (TPSA) is 60.0 Å². The zero-order valence-electron chi connectivity index (χ0n) is 16.8. The molecule has 0 aliphatic heterocycles. The molecule has 2 N–H and O–H groups in total. The van der Waals surface area contributed by atoms with Crippen LogP contribution in [0.2, 0.25) is 0 Å². The van der Waals surface area contributed by atoms with Crippen molar-refractivity contribution in [1.82, 2.24) is 5.32 Å². The first kappa shape index (κ1) is 21.7. The van der Waals surface area contributed by atoms with Crippen LogP contribution in [0.5, 0.6) is 11.5 Å². The summed E-state index contributed by atoms with van der Waals surface area (Å²) in [5, 5.41) is 13.6. The summed E-state index contributed by atoms with van der Waals surface area (Å²) in [5.74, 6) is 1.37. The van der Waals surface area contributed by atoms with Gasteiger partial charge in [0.1, 0.15) is 0 Å². The Balaban J connectivity index is 2.38. The number of aliphatic hydroxyl groups is 1. The van der Waals surface area contributed by atoms with Crippen molar-refractivity contribution in [3.8, 4) is 11.5 Å². The van der Waals surface area contributed by atoms with Gasteiger partial charge in [-0.05, 0) is 43.4 Å². The van der Waals surface area contributed by atoms with E-state index in [1.807, 2.05) is 18.2 Å². The summed E-state index contributed by atoms with van der Waals surface area (Å²) in [7, 11) is 3.22. The van der Waals surface area contributed by atoms with Crippen molar-refractivity contribution in [2.75, 3.05) is 27.4 Å². The molecule has 0 saturated carbocycles. The smallest absolute Gasteiger partial charge is 0.161 e. The van der Waals surface area contributed by atoms with Crippen LogP contribution >= 0.6 is 0 Å². The second-order valence-corrected chi connectivity index (χ2v) is 8.36. The molecule has 144 valence electrons. The van der Waals surface area contributed by atoms with Gasteiger partial charge in [-0.3, -0.25) is 0 Å². The van der Waals surface area contributed by atoms with Gasteiger partial charge in [0.2, 0.25) is 0 Å². The van der Waals surface area contributed by atoms with Crippen LogP contribution in [-0.2, 0) is 11.3 Å². The van der Waals surface area contributed by atoms with Crippen LogP contribution in [0.1, 0.15) is 46.6 Å². The van der Waals surface area contributed by atoms with Gasteiger partial charge in [-0.1, -0.05) is 26.8 Å². The molecule has 0 heterocycles. The average molecular weight is 354 g/mol. The molecule has 0 amide bonds. The molecule has 0 radical (unpaired) electrons. The van der Waals surface area contributed by atoms with Crippen molar-refractivity contribution >= 4 is 0 Å². The van der Waals surface area contributed by atoms with Crippen LogP contribution in [0.4, 0.5) is 0 Å². The van der Waals surface area contributed by atoms with Crippen LogP contribution in [0, 0.1) is 5.41 Å². The lowest BCUT2D eigenvalue weighted by molar-refractivity contribution is 0.0244. The monoisotopic (exact) mass is 353 g/mol. The number of aliphatic hydroxyl groups excluding tert-OH is 1. The Morgan fingerprint density at radius 2 is 1.68 bits per heavy atom. The van der Waals surface area contributed by atoms with Crippen molar-refractivity contribution in [2.45, 2.75) is 59.3 Å². The van der Waals surface area contributed by atoms with Gasteiger partial charge in [0.15, 0.2) is 11.5 Å². The lowest BCUT2D eigenvalue weighted by Gasteiger charge is -2.34. The van der Waals surface area contributed by atoms with Gasteiger partial charge >= 0.3 is 0 Å². The van der Waals surface area contributed by atoms with E-state index in [0.29, 0.717) is 24.7 Å². The Kier molecular flexibility index (Phi) is 8.19. The molecule has 25 heavy (non-hydrogen) atoms. The second-order valence-electron chi connectivity index (χ2n) is 8.36. The van der Waals surface area contributed by atoms with Gasteiger partial charge in [-0.15, -0.1) is 0 Å².